The molecule has 1 aliphatic rings. The first-order valence-corrected chi connectivity index (χ1v) is 40.7. The number of rotatable bonds is 44. The van der Waals surface area contributed by atoms with Gasteiger partial charge < -0.3 is 40.1 Å². The van der Waals surface area contributed by atoms with Crippen molar-refractivity contribution in [3.8, 4) is 11.5 Å². The molecule has 12 nitrogen and oxygen atoms in total. The lowest BCUT2D eigenvalue weighted by Gasteiger charge is -2.28. The number of fused-ring (bicyclic) bond motifs is 8. The Bertz CT molecular complexity index is 2850. The van der Waals surface area contributed by atoms with Crippen molar-refractivity contribution in [3.05, 3.63) is 126 Å². The molecular weight excluding hydrogens is 1270 g/mol. The fourth-order valence-corrected chi connectivity index (χ4v) is 14.3. The number of carbonyl (C=O) groups excluding carboxylic acids is 4. The molecule has 0 fully saturated rings. The van der Waals surface area contributed by atoms with E-state index in [1.165, 1.54) is 114 Å². The zero-order chi connectivity index (χ0) is 74.9. The van der Waals surface area contributed by atoms with Gasteiger partial charge in [-0.15, -0.1) is 0 Å². The number of phenols is 2. The Kier molecular flexibility index (Phi) is 37.7. The van der Waals surface area contributed by atoms with Crippen molar-refractivity contribution >= 4 is 23.6 Å². The third-order valence-corrected chi connectivity index (χ3v) is 21.0. The number of amides is 4. The lowest BCUT2D eigenvalue weighted by atomic mass is 9.77. The van der Waals surface area contributed by atoms with Gasteiger partial charge in [0.15, 0.2) is 0 Å². The SMILES string of the molecule is CCCCCCCCN(CCCCCCCC)C(=O)COCC(=O)NCCCc1c2cc(C(C)(C)C)cc1Cc1cc(C(C)(C)C)cc(c1O)Cc1cc(C(C)(C)C)cc(c1CCCNC(=O)COCC(=O)N(CCCCCCCC)CCCCCCCC)Cc1cc(C(C)(C)C)cc(c1O)C2. The fourth-order valence-electron chi connectivity index (χ4n) is 14.3. The van der Waals surface area contributed by atoms with Gasteiger partial charge in [0.1, 0.15) is 37.9 Å². The predicted molar refractivity (Wildman–Crippen MR) is 426 cm³/mol. The highest BCUT2D eigenvalue weighted by Crippen LogP contribution is 2.42. The highest BCUT2D eigenvalue weighted by atomic mass is 16.5. The zero-order valence-corrected chi connectivity index (χ0v) is 67.6. The van der Waals surface area contributed by atoms with Crippen LogP contribution in [0.4, 0.5) is 0 Å². The maximum atomic E-state index is 13.6. The van der Waals surface area contributed by atoms with Gasteiger partial charge in [0, 0.05) is 65.0 Å². The van der Waals surface area contributed by atoms with Crippen LogP contribution in [0.25, 0.3) is 0 Å². The molecule has 0 atom stereocenters. The van der Waals surface area contributed by atoms with E-state index in [0.29, 0.717) is 64.5 Å². The Balaban J connectivity index is 1.46. The summed E-state index contributed by atoms with van der Waals surface area (Å²) in [5.41, 5.74) is 13.7. The normalized spacial score (nSPS) is 12.8. The molecule has 4 aromatic carbocycles. The number of phenolic OH excluding ortho intramolecular Hbond substituents is 2. The number of ether oxygens (including phenoxy) is 2. The molecule has 0 saturated carbocycles. The molecule has 8 bridgehead atoms. The van der Waals surface area contributed by atoms with Crippen molar-refractivity contribution in [1.29, 1.82) is 0 Å². The van der Waals surface area contributed by atoms with E-state index in [1.54, 1.807) is 0 Å². The third kappa shape index (κ3) is 30.4. The quantitative estimate of drug-likeness (QED) is 0.0281. The molecule has 0 heterocycles. The number of nitrogens with zero attached hydrogens (tertiary/aromatic N) is 2. The van der Waals surface area contributed by atoms with Crippen molar-refractivity contribution in [3.63, 3.8) is 0 Å². The summed E-state index contributed by atoms with van der Waals surface area (Å²) in [6.45, 7) is 38.9. The smallest absolute Gasteiger partial charge is 0.248 e. The van der Waals surface area contributed by atoms with Crippen LogP contribution in [-0.2, 0) is 88.8 Å². The summed E-state index contributed by atoms with van der Waals surface area (Å²) in [4.78, 5) is 58.3. The average Bonchev–Trinajstić information content (AvgIpc) is 0.776. The number of hydrogen-bond acceptors (Lipinski definition) is 8. The van der Waals surface area contributed by atoms with Gasteiger partial charge in [-0.05, 0) is 151 Å². The summed E-state index contributed by atoms with van der Waals surface area (Å²) in [5.74, 6) is -0.0278. The van der Waals surface area contributed by atoms with Crippen LogP contribution >= 0.6 is 0 Å². The number of aromatic hydroxyl groups is 2. The summed E-state index contributed by atoms with van der Waals surface area (Å²) in [5, 5.41) is 32.3. The summed E-state index contributed by atoms with van der Waals surface area (Å²) in [6, 6.07) is 18.1. The molecule has 4 aromatic rings. The van der Waals surface area contributed by atoms with Crippen LogP contribution in [0.5, 0.6) is 11.5 Å². The van der Waals surface area contributed by atoms with Crippen molar-refractivity contribution in [2.75, 3.05) is 65.7 Å². The molecule has 0 aliphatic heterocycles. The monoisotopic (exact) mass is 1410 g/mol. The van der Waals surface area contributed by atoms with E-state index in [1.807, 2.05) is 9.80 Å². The minimum atomic E-state index is -0.253. The minimum absolute atomic E-state index is 0.0473. The highest BCUT2D eigenvalue weighted by molar-refractivity contribution is 5.80. The summed E-state index contributed by atoms with van der Waals surface area (Å²) < 4.78 is 11.7. The molecule has 4 N–H and O–H groups in total. The number of hydrogen-bond donors (Lipinski definition) is 4. The Morgan fingerprint density at radius 3 is 0.794 bits per heavy atom. The Morgan fingerprint density at radius 2 is 0.559 bits per heavy atom. The second-order valence-corrected chi connectivity index (χ2v) is 34.3. The Hall–Kier alpha value is -5.72. The van der Waals surface area contributed by atoms with Crippen molar-refractivity contribution in [2.45, 2.75) is 338 Å². The summed E-state index contributed by atoms with van der Waals surface area (Å²) in [6.07, 6.45) is 32.2. The van der Waals surface area contributed by atoms with Gasteiger partial charge in [-0.1, -0.05) is 288 Å². The molecule has 5 rings (SSSR count). The first kappa shape index (κ1) is 86.9. The van der Waals surface area contributed by atoms with Gasteiger partial charge in [-0.2, -0.15) is 0 Å². The maximum absolute atomic E-state index is 13.6. The molecular formula is C90H144N4O8. The second-order valence-electron chi connectivity index (χ2n) is 34.3. The van der Waals surface area contributed by atoms with Crippen LogP contribution in [0.1, 0.15) is 356 Å². The van der Waals surface area contributed by atoms with Crippen LogP contribution in [0.3, 0.4) is 0 Å². The number of unbranched alkanes of at least 4 members (excludes halogenated alkanes) is 20. The van der Waals surface area contributed by atoms with Gasteiger partial charge in [0.2, 0.25) is 23.6 Å². The first-order valence-electron chi connectivity index (χ1n) is 40.7. The minimum Gasteiger partial charge on any atom is -0.507 e. The third-order valence-electron chi connectivity index (χ3n) is 21.0. The average molecular weight is 1410 g/mol. The molecule has 0 saturated heterocycles. The van der Waals surface area contributed by atoms with Crippen molar-refractivity contribution in [1.82, 2.24) is 20.4 Å². The molecule has 0 aromatic heterocycles. The van der Waals surface area contributed by atoms with E-state index in [-0.39, 0.29) is 83.2 Å². The standard InChI is InChI=1S/C90H144N4O8/c1-17-21-25-29-33-37-47-93(48-38-34-30-26-22-18-2)83(97)65-101-63-81(95)91-45-41-43-79-67-51-71-59-77(89(11,12)13)61-73(85(71)99)53-69-57-76(88(8,9)10)58-70(54-74-62-78(90(14,15)16)60-72(86(74)100)52-68(79)56-75(55-67)87(5,6)7)80(69)44-42-46-92-82(96)64-102-66-84(98)94(49-39-35-31-27-23-19-3)50-40-36-32-28-24-20-4/h55-62,99-100H,17-54,63-66H2,1-16H3,(H,91,95)(H,92,96). The lowest BCUT2D eigenvalue weighted by molar-refractivity contribution is -0.139. The Labute approximate surface area is 621 Å². The molecule has 102 heavy (non-hydrogen) atoms. The van der Waals surface area contributed by atoms with Gasteiger partial charge in [-0.3, -0.25) is 19.2 Å². The van der Waals surface area contributed by atoms with Gasteiger partial charge in [0.05, 0.1) is 0 Å². The Morgan fingerprint density at radius 1 is 0.333 bits per heavy atom. The van der Waals surface area contributed by atoms with Gasteiger partial charge >= 0.3 is 0 Å². The molecule has 0 spiro atoms. The van der Waals surface area contributed by atoms with E-state index in [2.05, 4.69) is 170 Å². The van der Waals surface area contributed by atoms with E-state index >= 15 is 0 Å². The zero-order valence-electron chi connectivity index (χ0n) is 67.6. The molecule has 12 heteroatoms. The second kappa shape index (κ2) is 44.3. The summed E-state index contributed by atoms with van der Waals surface area (Å²) in [7, 11) is 0. The van der Waals surface area contributed by atoms with E-state index in [0.717, 1.165) is 144 Å². The van der Waals surface area contributed by atoms with Crippen LogP contribution in [0.15, 0.2) is 48.5 Å². The molecule has 572 valence electrons. The topological polar surface area (TPSA) is 158 Å². The van der Waals surface area contributed by atoms with Gasteiger partial charge in [0.25, 0.3) is 0 Å². The first-order chi connectivity index (χ1) is 48.5. The number of nitrogens with one attached hydrogen (secondary N) is 2. The number of carbonyl (C=O) groups is 4. The van der Waals surface area contributed by atoms with Crippen LogP contribution in [-0.4, -0.2) is 109 Å². The maximum Gasteiger partial charge on any atom is 0.248 e. The van der Waals surface area contributed by atoms with E-state index in [9.17, 15) is 29.4 Å². The van der Waals surface area contributed by atoms with Crippen LogP contribution < -0.4 is 10.6 Å². The van der Waals surface area contributed by atoms with Crippen LogP contribution in [0, 0.1) is 0 Å². The van der Waals surface area contributed by atoms with E-state index in [4.69, 9.17) is 9.47 Å². The van der Waals surface area contributed by atoms with Crippen molar-refractivity contribution in [2.24, 2.45) is 0 Å². The van der Waals surface area contributed by atoms with Gasteiger partial charge in [-0.25, -0.2) is 0 Å². The van der Waals surface area contributed by atoms with Crippen LogP contribution in [0.2, 0.25) is 0 Å². The predicted octanol–water partition coefficient (Wildman–Crippen LogP) is 20.2. The largest absolute Gasteiger partial charge is 0.507 e. The van der Waals surface area contributed by atoms with E-state index < -0.39 is 0 Å². The molecule has 1 aliphatic carbocycles. The molecule has 0 radical (unpaired) electrons. The molecule has 4 amide bonds. The fraction of sp³-hybridized carbons (Fsp3) is 0.689. The highest BCUT2D eigenvalue weighted by Gasteiger charge is 2.29. The molecule has 0 unspecified atom stereocenters. The lowest BCUT2D eigenvalue weighted by Crippen LogP contribution is -2.37. The van der Waals surface area contributed by atoms with Crippen molar-refractivity contribution < 1.29 is 38.9 Å². The summed E-state index contributed by atoms with van der Waals surface area (Å²) >= 11 is 0. The number of benzene rings is 4.